The number of hydrogen-bond donors (Lipinski definition) is 3. The third kappa shape index (κ3) is 4.09. The molecule has 0 spiro atoms. The van der Waals surface area contributed by atoms with E-state index >= 15 is 0 Å². The number of urea groups is 1. The first-order valence-electron chi connectivity index (χ1n) is 8.81. The number of aliphatic hydroxyl groups excluding tert-OH is 1. The molecule has 3 rings (SSSR count). The van der Waals surface area contributed by atoms with Crippen LogP contribution in [0.3, 0.4) is 0 Å². The molecule has 2 amide bonds. The van der Waals surface area contributed by atoms with Crippen molar-refractivity contribution in [2.45, 2.75) is 12.5 Å². The first-order valence-corrected chi connectivity index (χ1v) is 8.81. The zero-order chi connectivity index (χ0) is 19.4. The Morgan fingerprint density at radius 1 is 1.26 bits per heavy atom. The average molecular weight is 371 g/mol. The Bertz CT molecular complexity index is 825. The molecule has 0 radical (unpaired) electrons. The Morgan fingerprint density at radius 3 is 2.81 bits per heavy atom. The fourth-order valence-corrected chi connectivity index (χ4v) is 3.25. The molecule has 1 atom stereocenters. The van der Waals surface area contributed by atoms with Crippen LogP contribution in [0.4, 0.5) is 16.2 Å². The number of methoxy groups -OCH3 is 2. The quantitative estimate of drug-likeness (QED) is 0.727. The van der Waals surface area contributed by atoms with Crippen molar-refractivity contribution in [3.8, 4) is 11.5 Å². The molecule has 0 saturated carbocycles. The normalized spacial score (nSPS) is 13.7. The molecule has 0 fully saturated rings. The third-order valence-electron chi connectivity index (χ3n) is 4.72. The number of amides is 2. The van der Waals surface area contributed by atoms with Crippen LogP contribution in [0.1, 0.15) is 17.2 Å². The number of ether oxygens (including phenoxy) is 2. The van der Waals surface area contributed by atoms with Gasteiger partial charge in [-0.05, 0) is 35.7 Å². The molecule has 3 N–H and O–H groups in total. The van der Waals surface area contributed by atoms with Gasteiger partial charge in [-0.1, -0.05) is 18.2 Å². The Kier molecular flexibility index (Phi) is 5.71. The predicted molar refractivity (Wildman–Crippen MR) is 105 cm³/mol. The van der Waals surface area contributed by atoms with Gasteiger partial charge in [-0.15, -0.1) is 0 Å². The molecule has 2 aromatic carbocycles. The lowest BCUT2D eigenvalue weighted by atomic mass is 10.0. The van der Waals surface area contributed by atoms with Crippen LogP contribution in [0, 0.1) is 0 Å². The monoisotopic (exact) mass is 371 g/mol. The molecule has 1 aliphatic rings. The van der Waals surface area contributed by atoms with Crippen LogP contribution in [0.25, 0.3) is 0 Å². The SMILES string of the molecule is COc1cccc(NC(=O)NCC(O)c2ccc3c(c2)CCN3C)c1OC. The van der Waals surface area contributed by atoms with E-state index in [4.69, 9.17) is 9.47 Å². The van der Waals surface area contributed by atoms with Crippen molar-refractivity contribution < 1.29 is 19.4 Å². The van der Waals surface area contributed by atoms with Crippen molar-refractivity contribution in [3.63, 3.8) is 0 Å². The number of likely N-dealkylation sites (N-methyl/N-ethyl adjacent to an activating group) is 1. The summed E-state index contributed by atoms with van der Waals surface area (Å²) in [4.78, 5) is 14.4. The van der Waals surface area contributed by atoms with Gasteiger partial charge in [0.15, 0.2) is 11.5 Å². The van der Waals surface area contributed by atoms with Crippen molar-refractivity contribution in [3.05, 3.63) is 47.5 Å². The molecule has 0 saturated heterocycles. The summed E-state index contributed by atoms with van der Waals surface area (Å²) in [6, 6.07) is 10.7. The summed E-state index contributed by atoms with van der Waals surface area (Å²) in [5.74, 6) is 0.969. The van der Waals surface area contributed by atoms with Gasteiger partial charge >= 0.3 is 6.03 Å². The second-order valence-corrected chi connectivity index (χ2v) is 6.45. The maximum Gasteiger partial charge on any atom is 0.319 e. The Balaban J connectivity index is 1.60. The number of nitrogens with zero attached hydrogens (tertiary/aromatic N) is 1. The lowest BCUT2D eigenvalue weighted by Gasteiger charge is -2.17. The number of nitrogens with one attached hydrogen (secondary N) is 2. The van der Waals surface area contributed by atoms with Crippen molar-refractivity contribution in [2.75, 3.05) is 44.6 Å². The summed E-state index contributed by atoms with van der Waals surface area (Å²) in [5.41, 5.74) is 3.70. The van der Waals surface area contributed by atoms with Gasteiger partial charge in [0.2, 0.25) is 0 Å². The molecule has 0 aromatic heterocycles. The van der Waals surface area contributed by atoms with Gasteiger partial charge in [-0.3, -0.25) is 0 Å². The number of para-hydroxylation sites is 1. The van der Waals surface area contributed by atoms with E-state index in [0.717, 1.165) is 18.5 Å². The van der Waals surface area contributed by atoms with Crippen molar-refractivity contribution in [1.82, 2.24) is 5.32 Å². The molecular formula is C20H25N3O4. The topological polar surface area (TPSA) is 83.1 Å². The van der Waals surface area contributed by atoms with Crippen molar-refractivity contribution in [1.29, 1.82) is 0 Å². The highest BCUT2D eigenvalue weighted by Gasteiger charge is 2.18. The predicted octanol–water partition coefficient (Wildman–Crippen LogP) is 2.55. The second-order valence-electron chi connectivity index (χ2n) is 6.45. The minimum atomic E-state index is -0.779. The fourth-order valence-electron chi connectivity index (χ4n) is 3.25. The molecule has 144 valence electrons. The number of carbonyl (C=O) groups is 1. The number of fused-ring (bicyclic) bond motifs is 1. The van der Waals surface area contributed by atoms with E-state index in [-0.39, 0.29) is 6.54 Å². The first kappa shape index (κ1) is 18.8. The van der Waals surface area contributed by atoms with Crippen molar-refractivity contribution >= 4 is 17.4 Å². The van der Waals surface area contributed by atoms with E-state index in [1.165, 1.54) is 25.5 Å². The van der Waals surface area contributed by atoms with E-state index in [0.29, 0.717) is 17.2 Å². The molecule has 27 heavy (non-hydrogen) atoms. The van der Waals surface area contributed by atoms with Gasteiger partial charge in [-0.25, -0.2) is 4.79 Å². The van der Waals surface area contributed by atoms with E-state index in [2.05, 4.69) is 22.6 Å². The summed E-state index contributed by atoms with van der Waals surface area (Å²) in [7, 11) is 5.10. The van der Waals surface area contributed by atoms with Crippen LogP contribution in [0.15, 0.2) is 36.4 Å². The number of rotatable bonds is 6. The average Bonchev–Trinajstić information content (AvgIpc) is 3.06. The van der Waals surface area contributed by atoms with Crippen LogP contribution >= 0.6 is 0 Å². The number of carbonyl (C=O) groups excluding carboxylic acids is 1. The van der Waals surface area contributed by atoms with Gasteiger partial charge < -0.3 is 30.1 Å². The Hall–Kier alpha value is -2.93. The van der Waals surface area contributed by atoms with E-state index < -0.39 is 12.1 Å². The maximum absolute atomic E-state index is 12.2. The smallest absolute Gasteiger partial charge is 0.319 e. The zero-order valence-electron chi connectivity index (χ0n) is 15.8. The Morgan fingerprint density at radius 2 is 2.07 bits per heavy atom. The maximum atomic E-state index is 12.2. The van der Waals surface area contributed by atoms with Gasteiger partial charge in [-0.2, -0.15) is 0 Å². The summed E-state index contributed by atoms with van der Waals surface area (Å²) < 4.78 is 10.5. The van der Waals surface area contributed by atoms with E-state index in [1.807, 2.05) is 18.2 Å². The molecule has 1 heterocycles. The highest BCUT2D eigenvalue weighted by molar-refractivity contribution is 5.91. The van der Waals surface area contributed by atoms with Gasteiger partial charge in [0.25, 0.3) is 0 Å². The standard InChI is InChI=1S/C20H25N3O4/c1-23-10-9-13-11-14(7-8-16(13)23)17(24)12-21-20(25)22-15-5-4-6-18(26-2)19(15)27-3/h4-8,11,17,24H,9-10,12H2,1-3H3,(H2,21,22,25). The van der Waals surface area contributed by atoms with Gasteiger partial charge in [0.05, 0.1) is 26.0 Å². The van der Waals surface area contributed by atoms with E-state index in [9.17, 15) is 9.90 Å². The molecular weight excluding hydrogens is 346 g/mol. The minimum Gasteiger partial charge on any atom is -0.493 e. The summed E-state index contributed by atoms with van der Waals surface area (Å²) in [5, 5.41) is 15.8. The van der Waals surface area contributed by atoms with Crippen LogP contribution < -0.4 is 25.0 Å². The molecule has 2 aromatic rings. The molecule has 7 heteroatoms. The summed E-state index contributed by atoms with van der Waals surface area (Å²) >= 11 is 0. The van der Waals surface area contributed by atoms with Gasteiger partial charge in [0, 0.05) is 25.8 Å². The number of benzene rings is 2. The largest absolute Gasteiger partial charge is 0.493 e. The molecule has 7 nitrogen and oxygen atoms in total. The minimum absolute atomic E-state index is 0.104. The number of hydrogen-bond acceptors (Lipinski definition) is 5. The summed E-state index contributed by atoms with van der Waals surface area (Å²) in [6.07, 6.45) is 0.190. The van der Waals surface area contributed by atoms with Crippen LogP contribution in [-0.2, 0) is 6.42 Å². The van der Waals surface area contributed by atoms with Crippen LogP contribution in [0.5, 0.6) is 11.5 Å². The first-order chi connectivity index (χ1) is 13.0. The number of anilines is 2. The van der Waals surface area contributed by atoms with Crippen LogP contribution in [0.2, 0.25) is 0 Å². The highest BCUT2D eigenvalue weighted by atomic mass is 16.5. The lowest BCUT2D eigenvalue weighted by Crippen LogP contribution is -2.32. The molecule has 1 aliphatic heterocycles. The summed E-state index contributed by atoms with van der Waals surface area (Å²) in [6.45, 7) is 1.09. The van der Waals surface area contributed by atoms with Gasteiger partial charge in [0.1, 0.15) is 0 Å². The molecule has 0 bridgehead atoms. The second kappa shape index (κ2) is 8.18. The van der Waals surface area contributed by atoms with E-state index in [1.54, 1.807) is 18.2 Å². The number of aliphatic hydroxyl groups is 1. The highest BCUT2D eigenvalue weighted by Crippen LogP contribution is 2.34. The molecule has 0 aliphatic carbocycles. The lowest BCUT2D eigenvalue weighted by molar-refractivity contribution is 0.175. The zero-order valence-corrected chi connectivity index (χ0v) is 15.8. The molecule has 1 unspecified atom stereocenters. The Labute approximate surface area is 158 Å². The fraction of sp³-hybridized carbons (Fsp3) is 0.350. The van der Waals surface area contributed by atoms with Crippen molar-refractivity contribution in [2.24, 2.45) is 0 Å². The third-order valence-corrected chi connectivity index (χ3v) is 4.72. The van der Waals surface area contributed by atoms with Crippen LogP contribution in [-0.4, -0.2) is 45.5 Å².